The molecule has 0 atom stereocenters. The van der Waals surface area contributed by atoms with E-state index in [2.05, 4.69) is 15.8 Å². The third-order valence-electron chi connectivity index (χ3n) is 7.59. The summed E-state index contributed by atoms with van der Waals surface area (Å²) in [6.45, 7) is 1.79. The number of nitrogens with zero attached hydrogens (tertiary/aromatic N) is 1. The van der Waals surface area contributed by atoms with Crippen LogP contribution in [0.5, 0.6) is 11.5 Å². The fourth-order valence-corrected chi connectivity index (χ4v) is 6.76. The van der Waals surface area contributed by atoms with Gasteiger partial charge >= 0.3 is 5.97 Å². The molecular weight excluding hydrogens is 438 g/mol. The van der Waals surface area contributed by atoms with Crippen LogP contribution in [0.25, 0.3) is 0 Å². The van der Waals surface area contributed by atoms with Crippen molar-refractivity contribution in [3.63, 3.8) is 0 Å². The Labute approximate surface area is 197 Å². The van der Waals surface area contributed by atoms with Gasteiger partial charge in [0.25, 0.3) is 0 Å². The predicted octanol–water partition coefficient (Wildman–Crippen LogP) is 3.44. The molecule has 2 amide bonds. The van der Waals surface area contributed by atoms with E-state index in [9.17, 15) is 14.4 Å². The Morgan fingerprint density at radius 3 is 2.29 bits per heavy atom. The number of rotatable bonds is 7. The molecule has 1 heterocycles. The number of ether oxygens (including phenoxy) is 2. The topological polar surface area (TPSA) is 126 Å². The molecule has 0 spiro atoms. The van der Waals surface area contributed by atoms with Crippen LogP contribution in [0.4, 0.5) is 5.69 Å². The monoisotopic (exact) mass is 467 g/mol. The number of fused-ring (bicyclic) bond motifs is 1. The highest BCUT2D eigenvalue weighted by Gasteiger charge is 2.51. The maximum absolute atomic E-state index is 12.9. The van der Waals surface area contributed by atoms with Crippen LogP contribution < -0.4 is 20.2 Å². The molecule has 0 unspecified atom stereocenters. The molecule has 4 bridgehead atoms. The summed E-state index contributed by atoms with van der Waals surface area (Å²) in [4.78, 5) is 35.7. The fraction of sp³-hybridized carbons (Fsp3) is 0.520. The van der Waals surface area contributed by atoms with Gasteiger partial charge in [-0.2, -0.15) is 5.10 Å². The molecule has 3 N–H and O–H groups in total. The standard InChI is InChI=1S/C25H29N3O6/c1-14(27-28-23(30)12-25-9-15-4-16(10-25)6-17(5-15)11-25)18-7-20-21(34-13-33-20)8-19(18)26-22(29)2-3-24(31)32/h2-3,7-8,15-17H,4-6,9-13H2,1H3,(H,26,29)(H,28,30)(H,31,32)/b3-2+,27-14-. The molecule has 1 aromatic rings. The maximum atomic E-state index is 12.9. The summed E-state index contributed by atoms with van der Waals surface area (Å²) in [7, 11) is 0. The molecular formula is C25H29N3O6. The van der Waals surface area contributed by atoms with E-state index in [1.54, 1.807) is 19.1 Å². The fourth-order valence-electron chi connectivity index (χ4n) is 6.76. The van der Waals surface area contributed by atoms with Crippen molar-refractivity contribution in [1.82, 2.24) is 5.43 Å². The lowest BCUT2D eigenvalue weighted by molar-refractivity contribution is -0.132. The van der Waals surface area contributed by atoms with E-state index in [4.69, 9.17) is 14.6 Å². The van der Waals surface area contributed by atoms with Gasteiger partial charge in [0.15, 0.2) is 11.5 Å². The maximum Gasteiger partial charge on any atom is 0.328 e. The summed E-state index contributed by atoms with van der Waals surface area (Å²) in [5.74, 6) is 1.37. The largest absolute Gasteiger partial charge is 0.478 e. The van der Waals surface area contributed by atoms with Gasteiger partial charge in [0.1, 0.15) is 0 Å². The van der Waals surface area contributed by atoms with E-state index in [1.807, 2.05) is 0 Å². The minimum atomic E-state index is -1.22. The Bertz CT molecular complexity index is 1060. The zero-order chi connectivity index (χ0) is 23.9. The van der Waals surface area contributed by atoms with Gasteiger partial charge in [0, 0.05) is 30.2 Å². The van der Waals surface area contributed by atoms with Gasteiger partial charge in [-0.25, -0.2) is 10.2 Å². The van der Waals surface area contributed by atoms with Crippen molar-refractivity contribution in [1.29, 1.82) is 0 Å². The van der Waals surface area contributed by atoms with Crippen LogP contribution in [0.1, 0.15) is 57.4 Å². The number of hydrogen-bond acceptors (Lipinski definition) is 6. The minimum Gasteiger partial charge on any atom is -0.478 e. The normalized spacial score (nSPS) is 28.9. The Hall–Kier alpha value is -3.36. The predicted molar refractivity (Wildman–Crippen MR) is 124 cm³/mol. The molecule has 9 nitrogen and oxygen atoms in total. The van der Waals surface area contributed by atoms with Gasteiger partial charge in [-0.05, 0) is 74.7 Å². The number of carboxylic acids is 1. The van der Waals surface area contributed by atoms with E-state index in [0.29, 0.717) is 34.9 Å². The molecule has 0 radical (unpaired) electrons. The first-order valence-corrected chi connectivity index (χ1v) is 11.8. The van der Waals surface area contributed by atoms with Crippen LogP contribution >= 0.6 is 0 Å². The average Bonchev–Trinajstić information content (AvgIpc) is 3.21. The van der Waals surface area contributed by atoms with Crippen LogP contribution in [0.15, 0.2) is 29.4 Å². The molecule has 180 valence electrons. The van der Waals surface area contributed by atoms with E-state index < -0.39 is 11.9 Å². The van der Waals surface area contributed by atoms with Crippen molar-refractivity contribution >= 4 is 29.2 Å². The summed E-state index contributed by atoms with van der Waals surface area (Å²) in [6.07, 6.45) is 9.63. The Morgan fingerprint density at radius 1 is 1.06 bits per heavy atom. The van der Waals surface area contributed by atoms with Crippen LogP contribution in [-0.4, -0.2) is 35.4 Å². The molecule has 1 aromatic carbocycles. The number of carbonyl (C=O) groups is 3. The summed E-state index contributed by atoms with van der Waals surface area (Å²) < 4.78 is 10.8. The van der Waals surface area contributed by atoms with Gasteiger partial charge in [-0.1, -0.05) is 0 Å². The SMILES string of the molecule is C/C(=N/NC(=O)CC12CC3CC(CC(C3)C1)C2)c1cc2c(cc1NC(=O)/C=C/C(=O)O)OCO2. The smallest absolute Gasteiger partial charge is 0.328 e. The van der Waals surface area contributed by atoms with E-state index in [1.165, 1.54) is 19.3 Å². The molecule has 0 saturated heterocycles. The second-order valence-corrected chi connectivity index (χ2v) is 10.2. The van der Waals surface area contributed by atoms with Crippen molar-refractivity contribution in [2.75, 3.05) is 12.1 Å². The first kappa shape index (κ1) is 22.4. The number of carboxylic acid groups (broad SMARTS) is 1. The third kappa shape index (κ3) is 4.64. The number of carbonyl (C=O) groups excluding carboxylic acids is 2. The summed E-state index contributed by atoms with van der Waals surface area (Å²) >= 11 is 0. The molecule has 5 aliphatic rings. The lowest BCUT2D eigenvalue weighted by atomic mass is 9.49. The quantitative estimate of drug-likeness (QED) is 0.320. The van der Waals surface area contributed by atoms with Crippen molar-refractivity contribution in [3.8, 4) is 11.5 Å². The lowest BCUT2D eigenvalue weighted by Gasteiger charge is -2.56. The van der Waals surface area contributed by atoms with E-state index in [-0.39, 0.29) is 18.1 Å². The van der Waals surface area contributed by atoms with Crippen LogP contribution in [0.2, 0.25) is 0 Å². The number of amides is 2. The molecule has 0 aromatic heterocycles. The first-order chi connectivity index (χ1) is 16.3. The van der Waals surface area contributed by atoms with E-state index in [0.717, 1.165) is 49.2 Å². The van der Waals surface area contributed by atoms with Crippen LogP contribution in [0.3, 0.4) is 0 Å². The highest BCUT2D eigenvalue weighted by Crippen LogP contribution is 2.61. The van der Waals surface area contributed by atoms with Crippen LogP contribution in [0, 0.1) is 23.2 Å². The van der Waals surface area contributed by atoms with Crippen molar-refractivity contribution < 1.29 is 29.0 Å². The number of aliphatic carboxylic acids is 1. The molecule has 4 saturated carbocycles. The van der Waals surface area contributed by atoms with Gasteiger partial charge < -0.3 is 19.9 Å². The zero-order valence-electron chi connectivity index (χ0n) is 19.1. The summed E-state index contributed by atoms with van der Waals surface area (Å²) in [6, 6.07) is 3.28. The van der Waals surface area contributed by atoms with Crippen molar-refractivity contribution in [2.45, 2.75) is 51.9 Å². The number of hydrazone groups is 1. The highest BCUT2D eigenvalue weighted by atomic mass is 16.7. The van der Waals surface area contributed by atoms with Gasteiger partial charge in [-0.3, -0.25) is 9.59 Å². The van der Waals surface area contributed by atoms with Crippen LogP contribution in [-0.2, 0) is 14.4 Å². The van der Waals surface area contributed by atoms with Gasteiger partial charge in [-0.15, -0.1) is 0 Å². The van der Waals surface area contributed by atoms with E-state index >= 15 is 0 Å². The molecule has 4 fully saturated rings. The molecule has 6 rings (SSSR count). The second kappa shape index (κ2) is 8.77. The van der Waals surface area contributed by atoms with Crippen molar-refractivity contribution in [3.05, 3.63) is 29.8 Å². The third-order valence-corrected chi connectivity index (χ3v) is 7.59. The molecule has 1 aliphatic heterocycles. The lowest BCUT2D eigenvalue weighted by Crippen LogP contribution is -2.47. The Morgan fingerprint density at radius 2 is 1.68 bits per heavy atom. The number of anilines is 1. The Balaban J connectivity index is 1.30. The number of hydrogen-bond donors (Lipinski definition) is 3. The van der Waals surface area contributed by atoms with Gasteiger partial charge in [0.2, 0.25) is 18.6 Å². The number of benzene rings is 1. The summed E-state index contributed by atoms with van der Waals surface area (Å²) in [5, 5.41) is 15.7. The minimum absolute atomic E-state index is 0.0586. The first-order valence-electron chi connectivity index (χ1n) is 11.8. The highest BCUT2D eigenvalue weighted by molar-refractivity contribution is 6.10. The number of nitrogens with one attached hydrogen (secondary N) is 2. The van der Waals surface area contributed by atoms with Gasteiger partial charge in [0.05, 0.1) is 11.4 Å². The summed E-state index contributed by atoms with van der Waals surface area (Å²) in [5.41, 5.74) is 4.23. The Kier molecular flexibility index (Phi) is 5.79. The average molecular weight is 468 g/mol. The molecule has 9 heteroatoms. The van der Waals surface area contributed by atoms with Crippen molar-refractivity contribution in [2.24, 2.45) is 28.3 Å². The molecule has 34 heavy (non-hydrogen) atoms. The zero-order valence-corrected chi connectivity index (χ0v) is 19.1. The molecule has 4 aliphatic carbocycles. The second-order valence-electron chi connectivity index (χ2n) is 10.2.